The maximum absolute atomic E-state index is 11.3. The molecule has 6 heteroatoms. The minimum absolute atomic E-state index is 0.0327. The Balaban J connectivity index is 3.12. The van der Waals surface area contributed by atoms with Gasteiger partial charge in [0.1, 0.15) is 5.56 Å². The monoisotopic (exact) mass is 211 g/mol. The molecule has 1 aromatic rings. The van der Waals surface area contributed by atoms with Gasteiger partial charge in [0.2, 0.25) is 0 Å². The highest BCUT2D eigenvalue weighted by atomic mass is 16.3. The Morgan fingerprint density at radius 3 is 2.93 bits per heavy atom. The molecule has 0 aliphatic rings. The van der Waals surface area contributed by atoms with E-state index < -0.39 is 5.56 Å². The van der Waals surface area contributed by atoms with Crippen LogP contribution in [0.1, 0.15) is 24.2 Å². The van der Waals surface area contributed by atoms with Crippen molar-refractivity contribution in [3.05, 3.63) is 22.1 Å². The first-order valence-electron chi connectivity index (χ1n) is 4.52. The highest BCUT2D eigenvalue weighted by Gasteiger charge is 2.13. The van der Waals surface area contributed by atoms with Gasteiger partial charge in [-0.1, -0.05) is 0 Å². The Morgan fingerprint density at radius 2 is 2.40 bits per heavy atom. The van der Waals surface area contributed by atoms with Crippen molar-refractivity contribution in [2.75, 3.05) is 11.9 Å². The van der Waals surface area contributed by atoms with Gasteiger partial charge in [-0.15, -0.1) is 0 Å². The molecule has 0 aromatic carbocycles. The van der Waals surface area contributed by atoms with Gasteiger partial charge < -0.3 is 10.4 Å². The number of ketones is 1. The molecule has 1 rings (SSSR count). The van der Waals surface area contributed by atoms with E-state index in [1.807, 2.05) is 0 Å². The maximum Gasteiger partial charge on any atom is 0.277 e. The molecule has 0 fully saturated rings. The Labute approximate surface area is 86.3 Å². The number of rotatable bonds is 4. The lowest BCUT2D eigenvalue weighted by Crippen LogP contribution is -2.25. The summed E-state index contributed by atoms with van der Waals surface area (Å²) in [4.78, 5) is 22.5. The predicted molar refractivity (Wildman–Crippen MR) is 55.0 cm³/mol. The summed E-state index contributed by atoms with van der Waals surface area (Å²) >= 11 is 0. The highest BCUT2D eigenvalue weighted by Crippen LogP contribution is 2.10. The van der Waals surface area contributed by atoms with Crippen LogP contribution in [0.3, 0.4) is 0 Å². The van der Waals surface area contributed by atoms with Crippen LogP contribution in [0.2, 0.25) is 0 Å². The Kier molecular flexibility index (Phi) is 3.56. The van der Waals surface area contributed by atoms with E-state index in [9.17, 15) is 9.59 Å². The lowest BCUT2D eigenvalue weighted by Gasteiger charge is -2.13. The number of anilines is 1. The first-order valence-corrected chi connectivity index (χ1v) is 4.52. The number of Topliss-reactive ketones (excluding diaryl/α,β-unsaturated/α-hetero) is 1. The number of hydrogen-bond acceptors (Lipinski definition) is 5. The van der Waals surface area contributed by atoms with Crippen molar-refractivity contribution < 1.29 is 9.90 Å². The number of aliphatic hydroxyl groups is 1. The summed E-state index contributed by atoms with van der Waals surface area (Å²) in [5.74, 6) is -0.341. The SMILES string of the molecule is CC(=O)c1c(N[C@@H](C)CO)cn[nH]c1=O. The zero-order valence-electron chi connectivity index (χ0n) is 8.57. The number of aromatic nitrogens is 2. The van der Waals surface area contributed by atoms with E-state index in [0.29, 0.717) is 5.69 Å². The third kappa shape index (κ3) is 2.63. The summed E-state index contributed by atoms with van der Waals surface area (Å²) in [7, 11) is 0. The Bertz CT molecular complexity index is 413. The molecule has 1 atom stereocenters. The predicted octanol–water partition coefficient (Wildman–Crippen LogP) is -0.235. The van der Waals surface area contributed by atoms with Gasteiger partial charge in [-0.05, 0) is 13.8 Å². The quantitative estimate of drug-likeness (QED) is 0.598. The third-order valence-electron chi connectivity index (χ3n) is 1.88. The summed E-state index contributed by atoms with van der Waals surface area (Å²) in [6.45, 7) is 2.94. The molecule has 6 nitrogen and oxygen atoms in total. The van der Waals surface area contributed by atoms with Crippen molar-refractivity contribution in [2.24, 2.45) is 0 Å². The van der Waals surface area contributed by atoms with Crippen molar-refractivity contribution in [1.29, 1.82) is 0 Å². The standard InChI is InChI=1S/C9H13N3O3/c1-5(4-13)11-7-3-10-12-9(15)8(7)6(2)14/h3,5,13H,4H2,1-2H3,(H2,11,12,15)/t5-/m0/s1. The van der Waals surface area contributed by atoms with Crippen LogP contribution in [-0.4, -0.2) is 33.7 Å². The molecule has 0 saturated carbocycles. The van der Waals surface area contributed by atoms with Gasteiger partial charge in [0.25, 0.3) is 5.56 Å². The molecule has 0 saturated heterocycles. The second kappa shape index (κ2) is 4.70. The lowest BCUT2D eigenvalue weighted by molar-refractivity contribution is 0.101. The fourth-order valence-corrected chi connectivity index (χ4v) is 1.17. The summed E-state index contributed by atoms with van der Waals surface area (Å²) in [6.07, 6.45) is 1.35. The van der Waals surface area contributed by atoms with Gasteiger partial charge in [-0.2, -0.15) is 5.10 Å². The van der Waals surface area contributed by atoms with E-state index in [4.69, 9.17) is 5.11 Å². The summed E-state index contributed by atoms with van der Waals surface area (Å²) in [5.41, 5.74) is -0.157. The van der Waals surface area contributed by atoms with Gasteiger partial charge in [-0.3, -0.25) is 9.59 Å². The van der Waals surface area contributed by atoms with E-state index in [1.54, 1.807) is 6.92 Å². The number of nitrogens with one attached hydrogen (secondary N) is 2. The van der Waals surface area contributed by atoms with Crippen LogP contribution in [0, 0.1) is 0 Å². The van der Waals surface area contributed by atoms with Crippen LogP contribution in [-0.2, 0) is 0 Å². The second-order valence-corrected chi connectivity index (χ2v) is 3.27. The summed E-state index contributed by atoms with van der Waals surface area (Å²) < 4.78 is 0. The zero-order chi connectivity index (χ0) is 11.4. The number of nitrogens with zero attached hydrogens (tertiary/aromatic N) is 1. The Hall–Kier alpha value is -1.69. The average molecular weight is 211 g/mol. The van der Waals surface area contributed by atoms with Gasteiger partial charge in [0, 0.05) is 6.04 Å². The minimum Gasteiger partial charge on any atom is -0.394 e. The van der Waals surface area contributed by atoms with Crippen molar-refractivity contribution in [1.82, 2.24) is 10.2 Å². The number of aliphatic hydroxyl groups excluding tert-OH is 1. The molecule has 15 heavy (non-hydrogen) atoms. The molecule has 0 bridgehead atoms. The second-order valence-electron chi connectivity index (χ2n) is 3.27. The van der Waals surface area contributed by atoms with E-state index in [1.165, 1.54) is 13.1 Å². The molecule has 0 radical (unpaired) electrons. The molecule has 82 valence electrons. The maximum atomic E-state index is 11.3. The molecular weight excluding hydrogens is 198 g/mol. The van der Waals surface area contributed by atoms with Crippen LogP contribution in [0.5, 0.6) is 0 Å². The molecule has 0 unspecified atom stereocenters. The van der Waals surface area contributed by atoms with Gasteiger partial charge in [0.15, 0.2) is 5.78 Å². The van der Waals surface area contributed by atoms with E-state index in [-0.39, 0.29) is 24.0 Å². The summed E-state index contributed by atoms with van der Waals surface area (Å²) in [5, 5.41) is 17.4. The van der Waals surface area contributed by atoms with Gasteiger partial charge in [0.05, 0.1) is 18.5 Å². The van der Waals surface area contributed by atoms with E-state index in [0.717, 1.165) is 0 Å². The minimum atomic E-state index is -0.530. The zero-order valence-corrected chi connectivity index (χ0v) is 8.57. The molecule has 0 aliphatic carbocycles. The van der Waals surface area contributed by atoms with Gasteiger partial charge in [-0.25, -0.2) is 5.10 Å². The largest absolute Gasteiger partial charge is 0.394 e. The van der Waals surface area contributed by atoms with Crippen LogP contribution >= 0.6 is 0 Å². The molecule has 0 aliphatic heterocycles. The average Bonchev–Trinajstić information content (AvgIpc) is 2.17. The number of aromatic amines is 1. The normalized spacial score (nSPS) is 12.2. The van der Waals surface area contributed by atoms with E-state index >= 15 is 0 Å². The van der Waals surface area contributed by atoms with Crippen molar-refractivity contribution >= 4 is 11.5 Å². The molecule has 1 aromatic heterocycles. The highest BCUT2D eigenvalue weighted by molar-refractivity contribution is 5.98. The Morgan fingerprint density at radius 1 is 1.73 bits per heavy atom. The first-order chi connectivity index (χ1) is 7.06. The van der Waals surface area contributed by atoms with Crippen molar-refractivity contribution in [2.45, 2.75) is 19.9 Å². The van der Waals surface area contributed by atoms with E-state index in [2.05, 4.69) is 15.5 Å². The fraction of sp³-hybridized carbons (Fsp3) is 0.444. The first kappa shape index (κ1) is 11.4. The molecular formula is C9H13N3O3. The fourth-order valence-electron chi connectivity index (χ4n) is 1.17. The summed E-state index contributed by atoms with van der Waals surface area (Å²) in [6, 6.07) is -0.244. The molecule has 0 amide bonds. The number of H-pyrrole nitrogens is 1. The lowest BCUT2D eigenvalue weighted by atomic mass is 10.1. The van der Waals surface area contributed by atoms with Crippen LogP contribution in [0.15, 0.2) is 11.0 Å². The number of hydrogen-bond donors (Lipinski definition) is 3. The van der Waals surface area contributed by atoms with Gasteiger partial charge >= 0.3 is 0 Å². The van der Waals surface area contributed by atoms with Crippen LogP contribution in [0.25, 0.3) is 0 Å². The smallest absolute Gasteiger partial charge is 0.277 e. The van der Waals surface area contributed by atoms with Crippen LogP contribution < -0.4 is 10.9 Å². The topological polar surface area (TPSA) is 95.1 Å². The number of carbonyl (C=O) groups is 1. The van der Waals surface area contributed by atoms with Crippen molar-refractivity contribution in [3.8, 4) is 0 Å². The third-order valence-corrected chi connectivity index (χ3v) is 1.88. The molecule has 3 N–H and O–H groups in total. The van der Waals surface area contributed by atoms with Crippen LogP contribution in [0.4, 0.5) is 5.69 Å². The number of carbonyl (C=O) groups excluding carboxylic acids is 1. The van der Waals surface area contributed by atoms with Crippen molar-refractivity contribution in [3.63, 3.8) is 0 Å². The molecule has 0 spiro atoms. The molecule has 1 heterocycles.